The van der Waals surface area contributed by atoms with Gasteiger partial charge in [0, 0.05) is 25.7 Å². The highest BCUT2D eigenvalue weighted by Gasteiger charge is 2.33. The topological polar surface area (TPSA) is 44.8 Å². The Bertz CT molecular complexity index is 350. The third-order valence-corrected chi connectivity index (χ3v) is 5.26. The molecule has 2 rings (SSSR count). The maximum absolute atomic E-state index is 11.8. The zero-order chi connectivity index (χ0) is 15.3. The van der Waals surface area contributed by atoms with Crippen molar-refractivity contribution in [2.24, 2.45) is 0 Å². The number of piperidine rings is 1. The number of nitrogens with zero attached hydrogens (tertiary/aromatic N) is 2. The maximum Gasteiger partial charge on any atom is 0.325 e. The minimum Gasteiger partial charge on any atom is -0.468 e. The lowest BCUT2D eigenvalue weighted by molar-refractivity contribution is -0.148. The summed E-state index contributed by atoms with van der Waals surface area (Å²) in [5.74, 6) is -0.165. The van der Waals surface area contributed by atoms with Crippen molar-refractivity contribution in [3.05, 3.63) is 0 Å². The Morgan fingerprint density at radius 1 is 1.33 bits per heavy atom. The second-order valence-electron chi connectivity index (χ2n) is 6.66. The lowest BCUT2D eigenvalue weighted by Gasteiger charge is -2.44. The second kappa shape index (κ2) is 7.56. The van der Waals surface area contributed by atoms with E-state index >= 15 is 0 Å². The van der Waals surface area contributed by atoms with Crippen molar-refractivity contribution in [2.75, 3.05) is 46.9 Å². The summed E-state index contributed by atoms with van der Waals surface area (Å²) in [7, 11) is 3.29. The summed E-state index contributed by atoms with van der Waals surface area (Å²) in [5.41, 5.74) is -0.554. The average Bonchev–Trinajstić information content (AvgIpc) is 2.53. The fourth-order valence-corrected chi connectivity index (χ4v) is 3.63. The van der Waals surface area contributed by atoms with Crippen LogP contribution in [0.15, 0.2) is 0 Å². The molecule has 0 aromatic heterocycles. The van der Waals surface area contributed by atoms with Gasteiger partial charge in [0.15, 0.2) is 0 Å². The summed E-state index contributed by atoms with van der Waals surface area (Å²) >= 11 is 0. The fraction of sp³-hybridized carbons (Fsp3) is 0.938. The van der Waals surface area contributed by atoms with Gasteiger partial charge in [-0.3, -0.25) is 9.69 Å². The molecule has 0 aliphatic carbocycles. The number of fused-ring (bicyclic) bond motifs is 1. The van der Waals surface area contributed by atoms with E-state index in [0.717, 1.165) is 25.4 Å². The van der Waals surface area contributed by atoms with E-state index in [1.807, 2.05) is 14.0 Å². The molecule has 0 aromatic rings. The van der Waals surface area contributed by atoms with Crippen molar-refractivity contribution in [3.8, 4) is 0 Å². The Morgan fingerprint density at radius 3 is 2.86 bits per heavy atom. The number of hydrogen-bond acceptors (Lipinski definition) is 5. The van der Waals surface area contributed by atoms with E-state index in [0.29, 0.717) is 0 Å². The molecule has 2 aliphatic heterocycles. The van der Waals surface area contributed by atoms with Gasteiger partial charge < -0.3 is 15.0 Å². The molecule has 5 heteroatoms. The highest BCUT2D eigenvalue weighted by Crippen LogP contribution is 2.22. The smallest absolute Gasteiger partial charge is 0.325 e. The Morgan fingerprint density at radius 2 is 2.14 bits per heavy atom. The summed E-state index contributed by atoms with van der Waals surface area (Å²) in [4.78, 5) is 17.1. The molecule has 0 aromatic carbocycles. The predicted molar refractivity (Wildman–Crippen MR) is 84.4 cm³/mol. The number of piperazine rings is 1. The summed E-state index contributed by atoms with van der Waals surface area (Å²) in [5, 5.41) is 3.11. The molecule has 2 atom stereocenters. The molecule has 2 fully saturated rings. The Hall–Kier alpha value is -0.650. The number of nitrogens with one attached hydrogen (secondary N) is 1. The molecule has 5 nitrogen and oxygen atoms in total. The van der Waals surface area contributed by atoms with Crippen LogP contribution < -0.4 is 5.32 Å². The van der Waals surface area contributed by atoms with Gasteiger partial charge in [-0.15, -0.1) is 0 Å². The molecule has 0 amide bonds. The third kappa shape index (κ3) is 4.18. The summed E-state index contributed by atoms with van der Waals surface area (Å²) < 4.78 is 4.90. The first-order valence-corrected chi connectivity index (χ1v) is 8.33. The molecule has 1 N–H and O–H groups in total. The Labute approximate surface area is 129 Å². The number of methoxy groups -OCH3 is 1. The van der Waals surface area contributed by atoms with Crippen LogP contribution in [0.4, 0.5) is 0 Å². The molecule has 0 spiro atoms. The Kier molecular flexibility index (Phi) is 6.02. The van der Waals surface area contributed by atoms with Crippen molar-refractivity contribution < 1.29 is 9.53 Å². The number of hydrogen-bond donors (Lipinski definition) is 1. The molecule has 2 heterocycles. The van der Waals surface area contributed by atoms with Crippen molar-refractivity contribution in [1.29, 1.82) is 0 Å². The molecular formula is C16H31N3O2. The zero-order valence-corrected chi connectivity index (χ0v) is 13.9. The van der Waals surface area contributed by atoms with Gasteiger partial charge in [-0.1, -0.05) is 6.42 Å². The van der Waals surface area contributed by atoms with E-state index < -0.39 is 5.54 Å². The van der Waals surface area contributed by atoms with E-state index in [1.165, 1.54) is 52.6 Å². The van der Waals surface area contributed by atoms with Gasteiger partial charge in [0.2, 0.25) is 0 Å². The van der Waals surface area contributed by atoms with Crippen molar-refractivity contribution in [1.82, 2.24) is 15.1 Å². The largest absolute Gasteiger partial charge is 0.468 e. The summed E-state index contributed by atoms with van der Waals surface area (Å²) in [6.45, 7) is 7.89. The van der Waals surface area contributed by atoms with Crippen LogP contribution in [0, 0.1) is 0 Å². The maximum atomic E-state index is 11.8. The number of ether oxygens (including phenoxy) is 1. The monoisotopic (exact) mass is 297 g/mol. The number of carbonyl (C=O) groups is 1. The number of likely N-dealkylation sites (N-methyl/N-ethyl adjacent to an activating group) is 1. The minimum absolute atomic E-state index is 0.165. The van der Waals surface area contributed by atoms with Gasteiger partial charge in [0.05, 0.1) is 7.11 Å². The van der Waals surface area contributed by atoms with Crippen LogP contribution in [-0.2, 0) is 9.53 Å². The first-order valence-electron chi connectivity index (χ1n) is 8.33. The SMILES string of the molecule is CNC(C)(CCCN1CCN2CCCCC2C1)C(=O)OC. The number of rotatable bonds is 6. The van der Waals surface area contributed by atoms with Gasteiger partial charge in [-0.25, -0.2) is 0 Å². The van der Waals surface area contributed by atoms with Gasteiger partial charge >= 0.3 is 5.97 Å². The highest BCUT2D eigenvalue weighted by molar-refractivity contribution is 5.80. The van der Waals surface area contributed by atoms with E-state index in [-0.39, 0.29) is 5.97 Å². The predicted octanol–water partition coefficient (Wildman–Crippen LogP) is 1.09. The van der Waals surface area contributed by atoms with Crippen molar-refractivity contribution >= 4 is 5.97 Å². The van der Waals surface area contributed by atoms with Gasteiger partial charge in [0.25, 0.3) is 0 Å². The van der Waals surface area contributed by atoms with Gasteiger partial charge in [0.1, 0.15) is 5.54 Å². The molecule has 0 saturated carbocycles. The first-order chi connectivity index (χ1) is 10.1. The second-order valence-corrected chi connectivity index (χ2v) is 6.66. The van der Waals surface area contributed by atoms with Crippen LogP contribution in [-0.4, -0.2) is 74.2 Å². The lowest BCUT2D eigenvalue weighted by Crippen LogP contribution is -2.55. The van der Waals surface area contributed by atoms with E-state index in [9.17, 15) is 4.79 Å². The van der Waals surface area contributed by atoms with Crippen LogP contribution in [0.2, 0.25) is 0 Å². The van der Waals surface area contributed by atoms with Crippen LogP contribution in [0.5, 0.6) is 0 Å². The Balaban J connectivity index is 1.74. The standard InChI is InChI=1S/C16H31N3O2/c1-16(17-2,15(20)21-3)8-6-9-18-11-12-19-10-5-4-7-14(19)13-18/h14,17H,4-13H2,1-3H3. The van der Waals surface area contributed by atoms with Crippen molar-refractivity contribution in [3.63, 3.8) is 0 Å². The molecule has 0 bridgehead atoms. The van der Waals surface area contributed by atoms with Crippen molar-refractivity contribution in [2.45, 2.75) is 50.6 Å². The van der Waals surface area contributed by atoms with Crippen LogP contribution in [0.1, 0.15) is 39.0 Å². The molecule has 2 aliphatic rings. The molecular weight excluding hydrogens is 266 g/mol. The van der Waals surface area contributed by atoms with Crippen LogP contribution in [0.3, 0.4) is 0 Å². The minimum atomic E-state index is -0.554. The van der Waals surface area contributed by atoms with E-state index in [1.54, 1.807) is 0 Å². The highest BCUT2D eigenvalue weighted by atomic mass is 16.5. The number of carbonyl (C=O) groups excluding carboxylic acids is 1. The lowest BCUT2D eigenvalue weighted by atomic mass is 9.95. The van der Waals surface area contributed by atoms with E-state index in [2.05, 4.69) is 15.1 Å². The molecule has 2 saturated heterocycles. The summed E-state index contributed by atoms with van der Waals surface area (Å²) in [6.07, 6.45) is 5.96. The molecule has 2 unspecified atom stereocenters. The van der Waals surface area contributed by atoms with Gasteiger partial charge in [-0.05, 0) is 52.7 Å². The molecule has 0 radical (unpaired) electrons. The van der Waals surface area contributed by atoms with Gasteiger partial charge in [-0.2, -0.15) is 0 Å². The third-order valence-electron chi connectivity index (χ3n) is 5.26. The summed E-state index contributed by atoms with van der Waals surface area (Å²) in [6, 6.07) is 0.767. The average molecular weight is 297 g/mol. The van der Waals surface area contributed by atoms with Crippen LogP contribution >= 0.6 is 0 Å². The number of esters is 1. The van der Waals surface area contributed by atoms with Crippen LogP contribution in [0.25, 0.3) is 0 Å². The van der Waals surface area contributed by atoms with E-state index in [4.69, 9.17) is 4.74 Å². The first kappa shape index (κ1) is 16.7. The normalized spacial score (nSPS) is 26.9. The fourth-order valence-electron chi connectivity index (χ4n) is 3.63. The quantitative estimate of drug-likeness (QED) is 0.744. The molecule has 122 valence electrons. The molecule has 21 heavy (non-hydrogen) atoms. The zero-order valence-electron chi connectivity index (χ0n) is 13.9.